The second-order valence-corrected chi connectivity index (χ2v) is 5.16. The van der Waals surface area contributed by atoms with E-state index in [-0.39, 0.29) is 5.91 Å². The van der Waals surface area contributed by atoms with Gasteiger partial charge >= 0.3 is 0 Å². The lowest BCUT2D eigenvalue weighted by Crippen LogP contribution is -2.28. The SMILES string of the molecule is CN1CCOc2cc(NC(=O)Cc3ccccc3)ccc21. The van der Waals surface area contributed by atoms with Crippen LogP contribution in [0.3, 0.4) is 0 Å². The number of nitrogens with zero attached hydrogens (tertiary/aromatic N) is 1. The lowest BCUT2D eigenvalue weighted by Gasteiger charge is -2.27. The van der Waals surface area contributed by atoms with Crippen molar-refractivity contribution < 1.29 is 9.53 Å². The van der Waals surface area contributed by atoms with Gasteiger partial charge in [-0.15, -0.1) is 0 Å². The average molecular weight is 282 g/mol. The van der Waals surface area contributed by atoms with E-state index in [9.17, 15) is 4.79 Å². The van der Waals surface area contributed by atoms with Crippen molar-refractivity contribution in [1.29, 1.82) is 0 Å². The van der Waals surface area contributed by atoms with Crippen molar-refractivity contribution in [2.45, 2.75) is 6.42 Å². The average Bonchev–Trinajstić information content (AvgIpc) is 2.48. The maximum Gasteiger partial charge on any atom is 0.228 e. The van der Waals surface area contributed by atoms with Crippen molar-refractivity contribution >= 4 is 17.3 Å². The van der Waals surface area contributed by atoms with Gasteiger partial charge in [-0.1, -0.05) is 30.3 Å². The van der Waals surface area contributed by atoms with E-state index in [1.54, 1.807) is 0 Å². The summed E-state index contributed by atoms with van der Waals surface area (Å²) in [5.41, 5.74) is 2.83. The molecule has 0 bridgehead atoms. The Kier molecular flexibility index (Phi) is 3.77. The molecular formula is C17H18N2O2. The van der Waals surface area contributed by atoms with Crippen molar-refractivity contribution in [1.82, 2.24) is 0 Å². The maximum atomic E-state index is 12.1. The molecule has 0 saturated carbocycles. The zero-order valence-corrected chi connectivity index (χ0v) is 12.0. The zero-order valence-electron chi connectivity index (χ0n) is 12.0. The number of benzene rings is 2. The molecule has 1 heterocycles. The van der Waals surface area contributed by atoms with Crippen LogP contribution >= 0.6 is 0 Å². The Morgan fingerprint density at radius 1 is 1.24 bits per heavy atom. The summed E-state index contributed by atoms with van der Waals surface area (Å²) in [6, 6.07) is 15.5. The summed E-state index contributed by atoms with van der Waals surface area (Å²) in [5, 5.41) is 2.92. The molecule has 3 rings (SSSR count). The van der Waals surface area contributed by atoms with E-state index in [0.717, 1.165) is 29.2 Å². The summed E-state index contributed by atoms with van der Waals surface area (Å²) in [4.78, 5) is 14.2. The minimum Gasteiger partial charge on any atom is -0.489 e. The lowest BCUT2D eigenvalue weighted by molar-refractivity contribution is -0.115. The van der Waals surface area contributed by atoms with E-state index in [1.807, 2.05) is 55.6 Å². The predicted octanol–water partition coefficient (Wildman–Crippen LogP) is 2.70. The highest BCUT2D eigenvalue weighted by Crippen LogP contribution is 2.33. The molecule has 0 radical (unpaired) electrons. The molecule has 0 fully saturated rings. The third-order valence-corrected chi connectivity index (χ3v) is 3.55. The van der Waals surface area contributed by atoms with Crippen LogP contribution in [0.25, 0.3) is 0 Å². The summed E-state index contributed by atoms with van der Waals surface area (Å²) in [6.07, 6.45) is 0.374. The van der Waals surface area contributed by atoms with E-state index < -0.39 is 0 Å². The predicted molar refractivity (Wildman–Crippen MR) is 84.0 cm³/mol. The van der Waals surface area contributed by atoms with Gasteiger partial charge in [-0.05, 0) is 17.7 Å². The van der Waals surface area contributed by atoms with Gasteiger partial charge < -0.3 is 15.0 Å². The number of fused-ring (bicyclic) bond motifs is 1. The van der Waals surface area contributed by atoms with Crippen LogP contribution in [0.15, 0.2) is 48.5 Å². The first kappa shape index (κ1) is 13.5. The Bertz CT molecular complexity index is 640. The second-order valence-electron chi connectivity index (χ2n) is 5.16. The van der Waals surface area contributed by atoms with Crippen molar-refractivity contribution in [3.63, 3.8) is 0 Å². The molecule has 0 atom stereocenters. The first-order chi connectivity index (χ1) is 10.2. The first-order valence-electron chi connectivity index (χ1n) is 7.04. The third-order valence-electron chi connectivity index (χ3n) is 3.55. The van der Waals surface area contributed by atoms with Crippen LogP contribution in [0.4, 0.5) is 11.4 Å². The van der Waals surface area contributed by atoms with Crippen molar-refractivity contribution in [3.05, 3.63) is 54.1 Å². The fourth-order valence-electron chi connectivity index (χ4n) is 2.42. The number of carbonyl (C=O) groups is 1. The third kappa shape index (κ3) is 3.16. The Labute approximate surface area is 124 Å². The summed E-state index contributed by atoms with van der Waals surface area (Å²) in [5.74, 6) is 0.798. The molecule has 0 spiro atoms. The molecule has 21 heavy (non-hydrogen) atoms. The molecule has 1 aliphatic heterocycles. The summed E-state index contributed by atoms with van der Waals surface area (Å²) >= 11 is 0. The molecule has 0 aromatic heterocycles. The van der Waals surface area contributed by atoms with Crippen LogP contribution in [-0.2, 0) is 11.2 Å². The maximum absolute atomic E-state index is 12.1. The van der Waals surface area contributed by atoms with E-state index in [4.69, 9.17) is 4.74 Å². The number of rotatable bonds is 3. The highest BCUT2D eigenvalue weighted by molar-refractivity contribution is 5.92. The van der Waals surface area contributed by atoms with E-state index >= 15 is 0 Å². The van der Waals surface area contributed by atoms with Crippen molar-refractivity contribution in [2.75, 3.05) is 30.4 Å². The number of likely N-dealkylation sites (N-methyl/N-ethyl adjacent to an activating group) is 1. The summed E-state index contributed by atoms with van der Waals surface area (Å²) < 4.78 is 5.64. The summed E-state index contributed by atoms with van der Waals surface area (Å²) in [6.45, 7) is 1.55. The van der Waals surface area contributed by atoms with Gasteiger partial charge in [-0.2, -0.15) is 0 Å². The smallest absolute Gasteiger partial charge is 0.228 e. The molecule has 2 aromatic carbocycles. The monoisotopic (exact) mass is 282 g/mol. The quantitative estimate of drug-likeness (QED) is 0.941. The molecule has 4 heteroatoms. The van der Waals surface area contributed by atoms with Crippen LogP contribution < -0.4 is 15.0 Å². The van der Waals surface area contributed by atoms with Crippen LogP contribution in [0.5, 0.6) is 5.75 Å². The molecular weight excluding hydrogens is 264 g/mol. The van der Waals surface area contributed by atoms with Gasteiger partial charge in [0.1, 0.15) is 12.4 Å². The zero-order chi connectivity index (χ0) is 14.7. The van der Waals surface area contributed by atoms with Crippen LogP contribution in [0, 0.1) is 0 Å². The van der Waals surface area contributed by atoms with E-state index in [1.165, 1.54) is 0 Å². The molecule has 0 unspecified atom stereocenters. The molecule has 1 aliphatic rings. The Morgan fingerprint density at radius 3 is 2.86 bits per heavy atom. The summed E-state index contributed by atoms with van der Waals surface area (Å²) in [7, 11) is 2.04. The van der Waals surface area contributed by atoms with Gasteiger partial charge in [-0.25, -0.2) is 0 Å². The van der Waals surface area contributed by atoms with Gasteiger partial charge in [0.25, 0.3) is 0 Å². The first-order valence-corrected chi connectivity index (χ1v) is 7.04. The molecule has 0 saturated heterocycles. The Hall–Kier alpha value is -2.49. The van der Waals surface area contributed by atoms with E-state index in [2.05, 4.69) is 10.2 Å². The standard InChI is InChI=1S/C17H18N2O2/c1-19-9-10-21-16-12-14(7-8-15(16)19)18-17(20)11-13-5-3-2-4-6-13/h2-8,12H,9-11H2,1H3,(H,18,20). The molecule has 1 amide bonds. The number of hydrogen-bond acceptors (Lipinski definition) is 3. The van der Waals surface area contributed by atoms with Crippen molar-refractivity contribution in [3.8, 4) is 5.75 Å². The number of carbonyl (C=O) groups excluding carboxylic acids is 1. The molecule has 2 aromatic rings. The van der Waals surface area contributed by atoms with Gasteiger partial charge in [0.2, 0.25) is 5.91 Å². The van der Waals surface area contributed by atoms with Crippen LogP contribution in [0.2, 0.25) is 0 Å². The fraction of sp³-hybridized carbons (Fsp3) is 0.235. The molecule has 108 valence electrons. The minimum absolute atomic E-state index is 0.0229. The number of anilines is 2. The largest absolute Gasteiger partial charge is 0.489 e. The van der Waals surface area contributed by atoms with E-state index in [0.29, 0.717) is 13.0 Å². The van der Waals surface area contributed by atoms with Gasteiger partial charge in [-0.3, -0.25) is 4.79 Å². The second kappa shape index (κ2) is 5.87. The normalized spacial score (nSPS) is 13.3. The Morgan fingerprint density at radius 2 is 2.05 bits per heavy atom. The highest BCUT2D eigenvalue weighted by atomic mass is 16.5. The van der Waals surface area contributed by atoms with Gasteiger partial charge in [0.15, 0.2) is 0 Å². The number of ether oxygens (including phenoxy) is 1. The van der Waals surface area contributed by atoms with Gasteiger partial charge in [0.05, 0.1) is 18.7 Å². The number of hydrogen-bond donors (Lipinski definition) is 1. The van der Waals surface area contributed by atoms with Crippen LogP contribution in [0.1, 0.15) is 5.56 Å². The highest BCUT2D eigenvalue weighted by Gasteiger charge is 2.15. The topological polar surface area (TPSA) is 41.6 Å². The number of amides is 1. The molecule has 4 nitrogen and oxygen atoms in total. The Balaban J connectivity index is 1.69. The molecule has 1 N–H and O–H groups in total. The number of nitrogens with one attached hydrogen (secondary N) is 1. The van der Waals surface area contributed by atoms with Crippen molar-refractivity contribution in [2.24, 2.45) is 0 Å². The molecule has 0 aliphatic carbocycles. The lowest BCUT2D eigenvalue weighted by atomic mass is 10.1. The fourth-order valence-corrected chi connectivity index (χ4v) is 2.42. The minimum atomic E-state index is -0.0229. The van der Waals surface area contributed by atoms with Crippen LogP contribution in [-0.4, -0.2) is 26.1 Å². The van der Waals surface area contributed by atoms with Gasteiger partial charge in [0, 0.05) is 18.8 Å².